The molecule has 0 atom stereocenters. The minimum Gasteiger partial charge on any atom is -0.532 e. The third kappa shape index (κ3) is 5.12. The van der Waals surface area contributed by atoms with Gasteiger partial charge in [-0.15, -0.1) is 0 Å². The van der Waals surface area contributed by atoms with Crippen LogP contribution in [-0.2, 0) is 4.43 Å². The minimum absolute atomic E-state index is 0.470. The van der Waals surface area contributed by atoms with Crippen LogP contribution in [0.15, 0.2) is 42.0 Å². The third-order valence-corrected chi connectivity index (χ3v) is 2.31. The molecule has 80 valence electrons. The van der Waals surface area contributed by atoms with Crippen LogP contribution in [0.5, 0.6) is 0 Å². The Kier molecular flexibility index (Phi) is 3.79. The lowest BCUT2D eigenvalue weighted by atomic mass is 10.3. The molecule has 0 radical (unpaired) electrons. The van der Waals surface area contributed by atoms with Crippen molar-refractivity contribution in [3.8, 4) is 0 Å². The van der Waals surface area contributed by atoms with Gasteiger partial charge in [0.05, 0.1) is 0 Å². The average Bonchev–Trinajstić information content (AvgIpc) is 2.14. The summed E-state index contributed by atoms with van der Waals surface area (Å²) >= 11 is 0. The Bertz CT molecular complexity index is 355. The Morgan fingerprint density at radius 2 is 2.27 bits per heavy atom. The molecular weight excluding hydrogens is 204 g/mol. The van der Waals surface area contributed by atoms with Gasteiger partial charge in [0.25, 0.3) is 0 Å². The van der Waals surface area contributed by atoms with Crippen molar-refractivity contribution in [2.75, 3.05) is 0 Å². The molecule has 0 spiro atoms. The highest BCUT2D eigenvalue weighted by molar-refractivity contribution is 6.70. The van der Waals surface area contributed by atoms with Gasteiger partial charge in [0.2, 0.25) is 8.32 Å². The summed E-state index contributed by atoms with van der Waals surface area (Å²) in [7, 11) is -1.59. The third-order valence-electron chi connectivity index (χ3n) is 1.47. The number of rotatable bonds is 4. The second kappa shape index (κ2) is 4.88. The Hall–Kier alpha value is -1.42. The number of aromatic nitrogens is 1. The van der Waals surface area contributed by atoms with Crippen molar-refractivity contribution in [2.45, 2.75) is 19.6 Å². The van der Waals surface area contributed by atoms with Gasteiger partial charge in [0, 0.05) is 24.2 Å². The molecule has 15 heavy (non-hydrogen) atoms. The summed E-state index contributed by atoms with van der Waals surface area (Å²) in [5, 5.41) is 0. The van der Waals surface area contributed by atoms with Crippen LogP contribution in [0.3, 0.4) is 0 Å². The molecule has 3 nitrogen and oxygen atoms in total. The molecule has 0 amide bonds. The topological polar surface area (TPSA) is 34.5 Å². The monoisotopic (exact) mass is 220 g/mol. The van der Waals surface area contributed by atoms with Gasteiger partial charge in [-0.05, 0) is 32.3 Å². The smallest absolute Gasteiger partial charge is 0.244 e. The molecule has 1 heterocycles. The fourth-order valence-corrected chi connectivity index (χ4v) is 1.74. The van der Waals surface area contributed by atoms with Crippen molar-refractivity contribution in [3.63, 3.8) is 0 Å². The fourth-order valence-electron chi connectivity index (χ4n) is 0.979. The van der Waals surface area contributed by atoms with Crippen molar-refractivity contribution < 1.29 is 4.43 Å². The molecule has 1 aromatic rings. The first-order valence-corrected chi connectivity index (χ1v) is 8.20. The molecule has 0 saturated carbocycles. The maximum atomic E-state index is 5.59. The van der Waals surface area contributed by atoms with E-state index in [0.717, 1.165) is 5.56 Å². The Morgan fingerprint density at radius 1 is 1.53 bits per heavy atom. The first kappa shape index (κ1) is 11.7. The molecule has 0 unspecified atom stereocenters. The Labute approximate surface area is 91.7 Å². The highest BCUT2D eigenvalue weighted by atomic mass is 28.4. The average molecular weight is 220 g/mol. The zero-order valence-electron chi connectivity index (χ0n) is 9.40. The summed E-state index contributed by atoms with van der Waals surface area (Å²) in [6.07, 6.45) is 5.17. The minimum atomic E-state index is -1.59. The van der Waals surface area contributed by atoms with Gasteiger partial charge in [0.1, 0.15) is 0 Å². The van der Waals surface area contributed by atoms with Crippen LogP contribution < -0.4 is 0 Å². The summed E-state index contributed by atoms with van der Waals surface area (Å²) in [6.45, 7) is 10.0. The van der Waals surface area contributed by atoms with E-state index in [1.165, 1.54) is 0 Å². The normalized spacial score (nSPS) is 11.7. The summed E-state index contributed by atoms with van der Waals surface area (Å²) < 4.78 is 5.59. The predicted molar refractivity (Wildman–Crippen MR) is 65.4 cm³/mol. The standard InChI is InChI=1S/C11H16N2OSi/c1-10(14-15(2,3)4)13-9-11-6-5-7-12-8-11/h5-9H,1H2,2-4H3/b13-9+. The van der Waals surface area contributed by atoms with Gasteiger partial charge >= 0.3 is 0 Å². The van der Waals surface area contributed by atoms with E-state index in [1.54, 1.807) is 18.6 Å². The molecule has 0 aliphatic heterocycles. The lowest BCUT2D eigenvalue weighted by molar-refractivity contribution is 0.421. The molecule has 0 aliphatic rings. The van der Waals surface area contributed by atoms with Crippen LogP contribution in [0.1, 0.15) is 5.56 Å². The van der Waals surface area contributed by atoms with E-state index in [0.29, 0.717) is 5.88 Å². The first-order chi connectivity index (χ1) is 6.97. The summed E-state index contributed by atoms with van der Waals surface area (Å²) in [5.74, 6) is 0.470. The lowest BCUT2D eigenvalue weighted by Crippen LogP contribution is -2.24. The molecule has 4 heteroatoms. The van der Waals surface area contributed by atoms with Gasteiger partial charge in [0.15, 0.2) is 5.88 Å². The SMILES string of the molecule is C=C(/N=C/c1cccnc1)O[Si](C)(C)C. The van der Waals surface area contributed by atoms with Crippen LogP contribution in [0.25, 0.3) is 0 Å². The van der Waals surface area contributed by atoms with Gasteiger partial charge in [-0.2, -0.15) is 0 Å². The zero-order valence-corrected chi connectivity index (χ0v) is 10.4. The molecule has 1 aromatic heterocycles. The maximum absolute atomic E-state index is 5.59. The number of aliphatic imine (C=N–C) groups is 1. The van der Waals surface area contributed by atoms with E-state index >= 15 is 0 Å². The molecule has 1 rings (SSSR count). The second-order valence-corrected chi connectivity index (χ2v) is 8.58. The highest BCUT2D eigenvalue weighted by Crippen LogP contribution is 2.09. The van der Waals surface area contributed by atoms with E-state index in [9.17, 15) is 0 Å². The first-order valence-electron chi connectivity index (χ1n) is 4.79. The maximum Gasteiger partial charge on any atom is 0.244 e. The van der Waals surface area contributed by atoms with Gasteiger partial charge in [-0.25, -0.2) is 4.99 Å². The van der Waals surface area contributed by atoms with Crippen molar-refractivity contribution in [1.82, 2.24) is 4.98 Å². The number of nitrogens with zero attached hydrogens (tertiary/aromatic N) is 2. The molecule has 0 saturated heterocycles. The van der Waals surface area contributed by atoms with E-state index in [-0.39, 0.29) is 0 Å². The van der Waals surface area contributed by atoms with Crippen LogP contribution in [0.2, 0.25) is 19.6 Å². The van der Waals surface area contributed by atoms with Crippen molar-refractivity contribution in [1.29, 1.82) is 0 Å². The number of hydrogen-bond donors (Lipinski definition) is 0. The van der Waals surface area contributed by atoms with Gasteiger partial charge in [-0.3, -0.25) is 4.98 Å². The molecule has 0 aromatic carbocycles. The van der Waals surface area contributed by atoms with E-state index < -0.39 is 8.32 Å². The quantitative estimate of drug-likeness (QED) is 0.444. The Balaban J connectivity index is 2.56. The summed E-state index contributed by atoms with van der Waals surface area (Å²) in [6, 6.07) is 3.79. The predicted octanol–water partition coefficient (Wildman–Crippen LogP) is 2.82. The molecule has 0 bridgehead atoms. The summed E-state index contributed by atoms with van der Waals surface area (Å²) in [4.78, 5) is 8.12. The van der Waals surface area contributed by atoms with Crippen molar-refractivity contribution in [2.24, 2.45) is 4.99 Å². The van der Waals surface area contributed by atoms with Crippen molar-refractivity contribution in [3.05, 3.63) is 42.6 Å². The van der Waals surface area contributed by atoms with E-state index in [1.807, 2.05) is 12.1 Å². The van der Waals surface area contributed by atoms with Crippen LogP contribution >= 0.6 is 0 Å². The zero-order chi connectivity index (χ0) is 11.3. The van der Waals surface area contributed by atoms with Crippen LogP contribution in [-0.4, -0.2) is 19.5 Å². The van der Waals surface area contributed by atoms with Gasteiger partial charge in [-0.1, -0.05) is 6.07 Å². The van der Waals surface area contributed by atoms with Gasteiger partial charge < -0.3 is 4.43 Å². The number of hydrogen-bond acceptors (Lipinski definition) is 3. The molecular formula is C11H16N2OSi. The summed E-state index contributed by atoms with van der Waals surface area (Å²) in [5.41, 5.74) is 0.942. The van der Waals surface area contributed by atoms with Crippen LogP contribution in [0.4, 0.5) is 0 Å². The lowest BCUT2D eigenvalue weighted by Gasteiger charge is -2.17. The van der Waals surface area contributed by atoms with Crippen molar-refractivity contribution >= 4 is 14.5 Å². The molecule has 0 aliphatic carbocycles. The van der Waals surface area contributed by atoms with E-state index in [4.69, 9.17) is 4.43 Å². The molecule has 0 fully saturated rings. The highest BCUT2D eigenvalue weighted by Gasteiger charge is 2.15. The molecule has 0 N–H and O–H groups in total. The second-order valence-electron chi connectivity index (χ2n) is 4.15. The largest absolute Gasteiger partial charge is 0.532 e. The van der Waals surface area contributed by atoms with E-state index in [2.05, 4.69) is 36.2 Å². The van der Waals surface area contributed by atoms with Crippen LogP contribution in [0, 0.1) is 0 Å². The number of pyridine rings is 1. The fraction of sp³-hybridized carbons (Fsp3) is 0.273. The Morgan fingerprint density at radius 3 is 2.80 bits per heavy atom.